The van der Waals surface area contributed by atoms with Gasteiger partial charge < -0.3 is 10.2 Å². The molecule has 33 heavy (non-hydrogen) atoms. The molecule has 3 aromatic rings. The van der Waals surface area contributed by atoms with E-state index in [0.29, 0.717) is 18.3 Å². The SMILES string of the molecule is O=C(Cc1cccc2ccccc12)Nc1cc2c3c(c1)[C@@H]1CCC[C@H]1CN3C[C@H]1CCC[C@@H]21. The topological polar surface area (TPSA) is 32.3 Å². The van der Waals surface area contributed by atoms with E-state index in [1.54, 1.807) is 5.69 Å². The molecular weight excluding hydrogens is 404 g/mol. The van der Waals surface area contributed by atoms with Crippen LogP contribution in [0.25, 0.3) is 10.8 Å². The van der Waals surface area contributed by atoms with Gasteiger partial charge in [-0.3, -0.25) is 4.79 Å². The number of fused-ring (bicyclic) bond motifs is 5. The van der Waals surface area contributed by atoms with Crippen LogP contribution in [0.1, 0.15) is 67.1 Å². The second kappa shape index (κ2) is 7.62. The van der Waals surface area contributed by atoms with Gasteiger partial charge in [0.2, 0.25) is 5.91 Å². The van der Waals surface area contributed by atoms with Crippen LogP contribution in [0.2, 0.25) is 0 Å². The summed E-state index contributed by atoms with van der Waals surface area (Å²) >= 11 is 0. The molecule has 2 aliphatic carbocycles. The number of nitrogens with zero attached hydrogens (tertiary/aromatic N) is 1. The lowest BCUT2D eigenvalue weighted by atomic mass is 9.75. The average Bonchev–Trinajstić information content (AvgIpc) is 3.49. The molecule has 1 N–H and O–H groups in total. The zero-order valence-electron chi connectivity index (χ0n) is 19.2. The third-order valence-electron chi connectivity index (χ3n) is 9.03. The van der Waals surface area contributed by atoms with Gasteiger partial charge in [-0.05, 0) is 89.0 Å². The molecule has 3 nitrogen and oxygen atoms in total. The van der Waals surface area contributed by atoms with E-state index in [4.69, 9.17) is 0 Å². The van der Waals surface area contributed by atoms with E-state index in [2.05, 4.69) is 64.8 Å². The average molecular weight is 437 g/mol. The van der Waals surface area contributed by atoms with Crippen molar-refractivity contribution < 1.29 is 4.79 Å². The Bertz CT molecular complexity index is 1200. The predicted octanol–water partition coefficient (Wildman–Crippen LogP) is 6.62. The zero-order valence-corrected chi connectivity index (χ0v) is 19.2. The van der Waals surface area contributed by atoms with E-state index in [0.717, 1.165) is 23.1 Å². The van der Waals surface area contributed by atoms with Gasteiger partial charge in [-0.25, -0.2) is 0 Å². The molecule has 3 aromatic carbocycles. The van der Waals surface area contributed by atoms with Crippen molar-refractivity contribution in [1.29, 1.82) is 0 Å². The van der Waals surface area contributed by atoms with Crippen molar-refractivity contribution in [2.75, 3.05) is 23.3 Å². The molecule has 3 heteroatoms. The Kier molecular flexibility index (Phi) is 4.53. The number of hydrogen-bond acceptors (Lipinski definition) is 2. The molecule has 2 aliphatic heterocycles. The minimum absolute atomic E-state index is 0.0907. The van der Waals surface area contributed by atoms with Crippen LogP contribution < -0.4 is 10.2 Å². The number of nitrogens with one attached hydrogen (secondary N) is 1. The summed E-state index contributed by atoms with van der Waals surface area (Å²) in [5, 5.41) is 5.69. The molecule has 4 aliphatic rings. The van der Waals surface area contributed by atoms with E-state index in [1.807, 2.05) is 0 Å². The first-order chi connectivity index (χ1) is 16.2. The molecule has 2 fully saturated rings. The molecule has 4 atom stereocenters. The van der Waals surface area contributed by atoms with E-state index in [-0.39, 0.29) is 5.91 Å². The van der Waals surface area contributed by atoms with Crippen molar-refractivity contribution in [1.82, 2.24) is 0 Å². The number of benzene rings is 3. The molecule has 7 rings (SSSR count). The third kappa shape index (κ3) is 3.19. The summed E-state index contributed by atoms with van der Waals surface area (Å²) in [5.41, 5.74) is 6.74. The number of hydrogen-bond donors (Lipinski definition) is 1. The first-order valence-corrected chi connectivity index (χ1v) is 12.9. The summed E-state index contributed by atoms with van der Waals surface area (Å²) in [4.78, 5) is 15.9. The fourth-order valence-electron chi connectivity index (χ4n) is 7.66. The van der Waals surface area contributed by atoms with Gasteiger partial charge in [0, 0.05) is 24.5 Å². The maximum absolute atomic E-state index is 13.2. The van der Waals surface area contributed by atoms with E-state index in [1.165, 1.54) is 73.5 Å². The first-order valence-electron chi connectivity index (χ1n) is 12.9. The molecule has 0 radical (unpaired) electrons. The van der Waals surface area contributed by atoms with Crippen LogP contribution in [-0.2, 0) is 11.2 Å². The van der Waals surface area contributed by atoms with Crippen LogP contribution in [0.3, 0.4) is 0 Å². The Morgan fingerprint density at radius 1 is 0.848 bits per heavy atom. The van der Waals surface area contributed by atoms with Gasteiger partial charge in [0.15, 0.2) is 0 Å². The quantitative estimate of drug-likeness (QED) is 0.500. The summed E-state index contributed by atoms with van der Waals surface area (Å²) in [6.45, 7) is 2.50. The van der Waals surface area contributed by atoms with Gasteiger partial charge in [-0.15, -0.1) is 0 Å². The molecule has 168 valence electrons. The second-order valence-electron chi connectivity index (χ2n) is 10.9. The van der Waals surface area contributed by atoms with Crippen molar-refractivity contribution in [2.45, 2.75) is 56.8 Å². The Labute approximate surface area is 196 Å². The maximum atomic E-state index is 13.2. The summed E-state index contributed by atoms with van der Waals surface area (Å²) in [5.74, 6) is 3.05. The van der Waals surface area contributed by atoms with Gasteiger partial charge in [-0.1, -0.05) is 55.3 Å². The maximum Gasteiger partial charge on any atom is 0.228 e. The Morgan fingerprint density at radius 3 is 2.24 bits per heavy atom. The van der Waals surface area contributed by atoms with E-state index in [9.17, 15) is 4.79 Å². The third-order valence-corrected chi connectivity index (χ3v) is 9.03. The Balaban J connectivity index is 1.23. The highest BCUT2D eigenvalue weighted by molar-refractivity contribution is 5.96. The largest absolute Gasteiger partial charge is 0.370 e. The van der Waals surface area contributed by atoms with Crippen molar-refractivity contribution in [3.05, 3.63) is 71.3 Å². The zero-order chi connectivity index (χ0) is 21.9. The minimum Gasteiger partial charge on any atom is -0.370 e. The molecule has 2 heterocycles. The number of carbonyl (C=O) groups is 1. The lowest BCUT2D eigenvalue weighted by Crippen LogP contribution is -2.43. The smallest absolute Gasteiger partial charge is 0.228 e. The van der Waals surface area contributed by atoms with Gasteiger partial charge in [0.05, 0.1) is 6.42 Å². The van der Waals surface area contributed by atoms with Crippen molar-refractivity contribution in [2.24, 2.45) is 11.8 Å². The van der Waals surface area contributed by atoms with Crippen LogP contribution in [0.15, 0.2) is 54.6 Å². The standard InChI is InChI=1S/C30H32N2O/c33-29(14-20-8-3-7-19-6-1-2-11-24(19)20)31-23-15-27-25-12-4-9-21(25)17-32-18-22-10-5-13-26(22)28(16-23)30(27)32/h1-3,6-8,11,15-16,21-22,25-26H,4-5,9-10,12-14,17-18H2,(H,31,33)/t21-,22+,25-,26-/m1/s1. The molecule has 2 saturated carbocycles. The lowest BCUT2D eigenvalue weighted by Gasteiger charge is -2.46. The van der Waals surface area contributed by atoms with Crippen LogP contribution >= 0.6 is 0 Å². The molecular formula is C30H32N2O. The summed E-state index contributed by atoms with van der Waals surface area (Å²) in [7, 11) is 0. The highest BCUT2D eigenvalue weighted by Gasteiger charge is 2.44. The van der Waals surface area contributed by atoms with Gasteiger partial charge in [0.1, 0.15) is 0 Å². The molecule has 0 saturated heterocycles. The highest BCUT2D eigenvalue weighted by atomic mass is 16.1. The Hall–Kier alpha value is -2.81. The summed E-state index contributed by atoms with van der Waals surface area (Å²) in [6.07, 6.45) is 8.46. The van der Waals surface area contributed by atoms with Crippen molar-refractivity contribution in [3.8, 4) is 0 Å². The number of amides is 1. The molecule has 0 bridgehead atoms. The fourth-order valence-corrected chi connectivity index (χ4v) is 7.66. The Morgan fingerprint density at radius 2 is 1.52 bits per heavy atom. The van der Waals surface area contributed by atoms with Crippen LogP contribution in [-0.4, -0.2) is 19.0 Å². The molecule has 1 amide bonds. The first kappa shape index (κ1) is 19.6. The van der Waals surface area contributed by atoms with Crippen LogP contribution in [0.4, 0.5) is 11.4 Å². The van der Waals surface area contributed by atoms with Crippen LogP contribution in [0, 0.1) is 11.8 Å². The number of carbonyl (C=O) groups excluding carboxylic acids is 1. The van der Waals surface area contributed by atoms with Crippen molar-refractivity contribution in [3.63, 3.8) is 0 Å². The monoisotopic (exact) mass is 436 g/mol. The second-order valence-corrected chi connectivity index (χ2v) is 10.9. The minimum atomic E-state index is 0.0907. The summed E-state index contributed by atoms with van der Waals surface area (Å²) < 4.78 is 0. The normalized spacial score (nSPS) is 27.2. The summed E-state index contributed by atoms with van der Waals surface area (Å²) in [6, 6.07) is 19.3. The van der Waals surface area contributed by atoms with Gasteiger partial charge >= 0.3 is 0 Å². The molecule has 0 unspecified atom stereocenters. The number of anilines is 2. The lowest BCUT2D eigenvalue weighted by molar-refractivity contribution is -0.115. The van der Waals surface area contributed by atoms with Gasteiger partial charge in [-0.2, -0.15) is 0 Å². The van der Waals surface area contributed by atoms with Gasteiger partial charge in [0.25, 0.3) is 0 Å². The molecule has 0 aromatic heterocycles. The predicted molar refractivity (Wildman–Crippen MR) is 135 cm³/mol. The number of rotatable bonds is 3. The van der Waals surface area contributed by atoms with Crippen molar-refractivity contribution >= 4 is 28.1 Å². The molecule has 0 spiro atoms. The van der Waals surface area contributed by atoms with E-state index < -0.39 is 0 Å². The fraction of sp³-hybridized carbons (Fsp3) is 0.433. The van der Waals surface area contributed by atoms with E-state index >= 15 is 0 Å². The van der Waals surface area contributed by atoms with Crippen LogP contribution in [0.5, 0.6) is 0 Å². The highest BCUT2D eigenvalue weighted by Crippen LogP contribution is 2.56.